The van der Waals surface area contributed by atoms with E-state index in [0.29, 0.717) is 6.42 Å². The van der Waals surface area contributed by atoms with Gasteiger partial charge in [0.05, 0.1) is 6.04 Å². The minimum atomic E-state index is -3.92. The zero-order chi connectivity index (χ0) is 16.3. The Hall–Kier alpha value is -1.22. The first kappa shape index (κ1) is 19.8. The van der Waals surface area contributed by atoms with Gasteiger partial charge in [-0.25, -0.2) is 17.5 Å². The van der Waals surface area contributed by atoms with E-state index >= 15 is 0 Å². The average Bonchev–Trinajstić information content (AvgIpc) is 3.24. The van der Waals surface area contributed by atoms with Crippen molar-refractivity contribution >= 4 is 34.0 Å². The smallest absolute Gasteiger partial charge is 0.243 e. The van der Waals surface area contributed by atoms with Crippen molar-refractivity contribution in [2.45, 2.75) is 49.6 Å². The van der Waals surface area contributed by atoms with Crippen LogP contribution in [0.15, 0.2) is 23.1 Å². The molecule has 0 aliphatic heterocycles. The Morgan fingerprint density at radius 1 is 1.43 bits per heavy atom. The molecule has 1 aliphatic rings. The third-order valence-corrected chi connectivity index (χ3v) is 4.86. The summed E-state index contributed by atoms with van der Waals surface area (Å²) in [6, 6.07) is 2.63. The number of carbonyl (C=O) groups excluding carboxylic acids is 1. The van der Waals surface area contributed by atoms with Crippen LogP contribution in [0.2, 0.25) is 0 Å². The highest BCUT2D eigenvalue weighted by Gasteiger charge is 2.30. The van der Waals surface area contributed by atoms with Gasteiger partial charge in [-0.1, -0.05) is 13.3 Å². The Labute approximate surface area is 141 Å². The number of rotatable bonds is 7. The Balaban J connectivity index is 0.00000264. The lowest BCUT2D eigenvalue weighted by Gasteiger charge is -2.13. The number of benzene rings is 1. The number of sulfonamides is 1. The first-order valence-electron chi connectivity index (χ1n) is 7.22. The lowest BCUT2D eigenvalue weighted by molar-refractivity contribution is -0.117. The van der Waals surface area contributed by atoms with Gasteiger partial charge in [-0.3, -0.25) is 4.79 Å². The van der Waals surface area contributed by atoms with Gasteiger partial charge in [0.15, 0.2) is 0 Å². The van der Waals surface area contributed by atoms with Gasteiger partial charge in [0, 0.05) is 11.7 Å². The molecule has 1 saturated carbocycles. The summed E-state index contributed by atoms with van der Waals surface area (Å²) in [4.78, 5) is 11.4. The van der Waals surface area contributed by atoms with Crippen LogP contribution in [0.3, 0.4) is 0 Å². The summed E-state index contributed by atoms with van der Waals surface area (Å²) in [5.74, 6) is -1.28. The molecule has 130 valence electrons. The molecule has 0 aromatic heterocycles. The molecule has 0 radical (unpaired) electrons. The standard InChI is InChI=1S/C14H20FN3O3S.ClH/c1-2-3-12(16)14(19)17-10-6-7-11(15)13(8-10)22(20,21)18-9-4-5-9;/h6-9,12,18H,2-5,16H2,1H3,(H,17,19);1H. The lowest BCUT2D eigenvalue weighted by atomic mass is 10.1. The zero-order valence-corrected chi connectivity index (χ0v) is 14.3. The van der Waals surface area contributed by atoms with Gasteiger partial charge in [0.2, 0.25) is 15.9 Å². The van der Waals surface area contributed by atoms with E-state index < -0.39 is 32.7 Å². The molecule has 1 atom stereocenters. The second-order valence-electron chi connectivity index (χ2n) is 5.43. The highest BCUT2D eigenvalue weighted by molar-refractivity contribution is 7.89. The maximum absolute atomic E-state index is 13.8. The number of hydrogen-bond acceptors (Lipinski definition) is 4. The molecule has 1 unspecified atom stereocenters. The van der Waals surface area contributed by atoms with Crippen LogP contribution in [0.4, 0.5) is 10.1 Å². The molecule has 0 bridgehead atoms. The van der Waals surface area contributed by atoms with E-state index in [-0.39, 0.29) is 24.1 Å². The molecule has 0 saturated heterocycles. The highest BCUT2D eigenvalue weighted by atomic mass is 35.5. The van der Waals surface area contributed by atoms with Crippen molar-refractivity contribution in [1.29, 1.82) is 0 Å². The molecule has 1 fully saturated rings. The van der Waals surface area contributed by atoms with Crippen molar-refractivity contribution in [2.24, 2.45) is 5.73 Å². The van der Waals surface area contributed by atoms with Crippen LogP contribution in [-0.2, 0) is 14.8 Å². The van der Waals surface area contributed by atoms with Gasteiger partial charge >= 0.3 is 0 Å². The van der Waals surface area contributed by atoms with Crippen molar-refractivity contribution < 1.29 is 17.6 Å². The number of nitrogens with two attached hydrogens (primary N) is 1. The number of hydrogen-bond donors (Lipinski definition) is 3. The van der Waals surface area contributed by atoms with Crippen LogP contribution in [0.1, 0.15) is 32.6 Å². The van der Waals surface area contributed by atoms with Crippen LogP contribution >= 0.6 is 12.4 Å². The predicted molar refractivity (Wildman–Crippen MR) is 88.5 cm³/mol. The molecule has 0 spiro atoms. The van der Waals surface area contributed by atoms with Crippen LogP contribution in [0.5, 0.6) is 0 Å². The summed E-state index contributed by atoms with van der Waals surface area (Å²) in [7, 11) is -3.92. The van der Waals surface area contributed by atoms with Gasteiger partial charge in [0.1, 0.15) is 10.7 Å². The summed E-state index contributed by atoms with van der Waals surface area (Å²) in [6.45, 7) is 1.90. The van der Waals surface area contributed by atoms with Gasteiger partial charge < -0.3 is 11.1 Å². The Kier molecular flexibility index (Phi) is 6.94. The molecule has 0 heterocycles. The minimum Gasteiger partial charge on any atom is -0.325 e. The van der Waals surface area contributed by atoms with E-state index in [1.165, 1.54) is 6.07 Å². The van der Waals surface area contributed by atoms with E-state index in [0.717, 1.165) is 31.4 Å². The fraction of sp³-hybridized carbons (Fsp3) is 0.500. The van der Waals surface area contributed by atoms with Gasteiger partial charge in [-0.05, 0) is 37.5 Å². The van der Waals surface area contributed by atoms with Crippen molar-refractivity contribution in [3.63, 3.8) is 0 Å². The normalized spacial score (nSPS) is 15.6. The number of halogens is 2. The average molecular weight is 366 g/mol. The predicted octanol–water partition coefficient (Wildman–Crippen LogP) is 1.75. The molecule has 1 amide bonds. The van der Waals surface area contributed by atoms with E-state index in [1.54, 1.807) is 0 Å². The van der Waals surface area contributed by atoms with E-state index in [9.17, 15) is 17.6 Å². The molecular formula is C14H21ClFN3O3S. The summed E-state index contributed by atoms with van der Waals surface area (Å²) in [6.07, 6.45) is 2.77. The van der Waals surface area contributed by atoms with Gasteiger partial charge in [0.25, 0.3) is 0 Å². The van der Waals surface area contributed by atoms with Crippen LogP contribution < -0.4 is 15.8 Å². The summed E-state index contributed by atoms with van der Waals surface area (Å²) < 4.78 is 40.4. The quantitative estimate of drug-likeness (QED) is 0.685. The van der Waals surface area contributed by atoms with Gasteiger partial charge in [-0.15, -0.1) is 12.4 Å². The van der Waals surface area contributed by atoms with Crippen molar-refractivity contribution in [3.8, 4) is 0 Å². The Morgan fingerprint density at radius 3 is 2.65 bits per heavy atom. The molecule has 1 aromatic carbocycles. The third-order valence-electron chi connectivity index (χ3n) is 3.32. The van der Waals surface area contributed by atoms with E-state index in [2.05, 4.69) is 10.0 Å². The first-order valence-corrected chi connectivity index (χ1v) is 8.70. The maximum atomic E-state index is 13.8. The van der Waals surface area contributed by atoms with Crippen molar-refractivity contribution in [2.75, 3.05) is 5.32 Å². The molecule has 4 N–H and O–H groups in total. The Morgan fingerprint density at radius 2 is 2.09 bits per heavy atom. The second-order valence-corrected chi connectivity index (χ2v) is 7.11. The van der Waals surface area contributed by atoms with E-state index in [1.807, 2.05) is 6.92 Å². The summed E-state index contributed by atoms with van der Waals surface area (Å²) in [5.41, 5.74) is 5.89. The first-order chi connectivity index (χ1) is 10.3. The molecular weight excluding hydrogens is 345 g/mol. The summed E-state index contributed by atoms with van der Waals surface area (Å²) in [5, 5.41) is 2.51. The third kappa shape index (κ3) is 5.42. The van der Waals surface area contributed by atoms with Crippen LogP contribution in [0.25, 0.3) is 0 Å². The van der Waals surface area contributed by atoms with Gasteiger partial charge in [-0.2, -0.15) is 0 Å². The number of amides is 1. The molecule has 1 aliphatic carbocycles. The van der Waals surface area contributed by atoms with Crippen molar-refractivity contribution in [1.82, 2.24) is 4.72 Å². The van der Waals surface area contributed by atoms with Crippen LogP contribution in [-0.4, -0.2) is 26.4 Å². The molecule has 9 heteroatoms. The number of anilines is 1. The number of carbonyl (C=O) groups is 1. The minimum absolute atomic E-state index is 0. The molecule has 23 heavy (non-hydrogen) atoms. The largest absolute Gasteiger partial charge is 0.325 e. The van der Waals surface area contributed by atoms with Crippen molar-refractivity contribution in [3.05, 3.63) is 24.0 Å². The molecule has 2 rings (SSSR count). The zero-order valence-electron chi connectivity index (χ0n) is 12.7. The monoisotopic (exact) mass is 365 g/mol. The highest BCUT2D eigenvalue weighted by Crippen LogP contribution is 2.25. The summed E-state index contributed by atoms with van der Waals surface area (Å²) >= 11 is 0. The fourth-order valence-electron chi connectivity index (χ4n) is 1.95. The van der Waals surface area contributed by atoms with Crippen LogP contribution in [0, 0.1) is 5.82 Å². The molecule has 1 aromatic rings. The number of nitrogens with one attached hydrogen (secondary N) is 2. The second kappa shape index (κ2) is 8.05. The lowest BCUT2D eigenvalue weighted by Crippen LogP contribution is -2.35. The van der Waals surface area contributed by atoms with E-state index in [4.69, 9.17) is 5.73 Å². The Bertz CT molecular complexity index is 665. The molecule has 6 nitrogen and oxygen atoms in total. The fourth-order valence-corrected chi connectivity index (χ4v) is 3.36. The maximum Gasteiger partial charge on any atom is 0.243 e. The topological polar surface area (TPSA) is 101 Å². The SMILES string of the molecule is CCCC(N)C(=O)Nc1ccc(F)c(S(=O)(=O)NC2CC2)c1.Cl.